The molecule has 37 heavy (non-hydrogen) atoms. The van der Waals surface area contributed by atoms with E-state index < -0.39 is 23.8 Å². The number of alkyl halides is 3. The van der Waals surface area contributed by atoms with Crippen molar-refractivity contribution in [3.05, 3.63) is 106 Å². The fraction of sp³-hybridized carbons (Fsp3) is 0.241. The summed E-state index contributed by atoms with van der Waals surface area (Å²) in [5.41, 5.74) is 2.79. The maximum atomic E-state index is 13.8. The Hall–Kier alpha value is -4.07. The second kappa shape index (κ2) is 9.42. The van der Waals surface area contributed by atoms with Gasteiger partial charge in [-0.25, -0.2) is 4.79 Å². The summed E-state index contributed by atoms with van der Waals surface area (Å²) in [6, 6.07) is 18.7. The van der Waals surface area contributed by atoms with Gasteiger partial charge in [-0.15, -0.1) is 0 Å². The van der Waals surface area contributed by atoms with Crippen LogP contribution in [0, 0.1) is 0 Å². The number of aromatic carboxylic acids is 1. The molecule has 0 spiro atoms. The van der Waals surface area contributed by atoms with Crippen LogP contribution in [0.15, 0.2) is 72.8 Å². The van der Waals surface area contributed by atoms with Crippen molar-refractivity contribution < 1.29 is 27.9 Å². The summed E-state index contributed by atoms with van der Waals surface area (Å²) < 4.78 is 41.9. The standard InChI is InChI=1S/C29H25F3N2O3/c1-17(19-9-13-21(14-10-19)28(36)37)33-27(35)26-25(20-11-12-20)23-7-2-3-8-24(23)34(26)16-18-5-4-6-22(15-18)29(30,31)32/h2-10,13-15,17,20H,11-12,16H2,1H3,(H,33,35)(H,36,37). The van der Waals surface area contributed by atoms with Crippen LogP contribution in [0.1, 0.15) is 74.8 Å². The molecule has 8 heteroatoms. The first-order chi connectivity index (χ1) is 17.6. The van der Waals surface area contributed by atoms with Gasteiger partial charge in [-0.2, -0.15) is 13.2 Å². The number of amides is 1. The molecule has 0 bridgehead atoms. The second-order valence-corrected chi connectivity index (χ2v) is 9.46. The molecule has 5 nitrogen and oxygen atoms in total. The lowest BCUT2D eigenvalue weighted by atomic mass is 10.0. The topological polar surface area (TPSA) is 71.3 Å². The van der Waals surface area contributed by atoms with E-state index in [-0.39, 0.29) is 23.9 Å². The number of carboxylic acids is 1. The van der Waals surface area contributed by atoms with Crippen molar-refractivity contribution in [1.29, 1.82) is 0 Å². The van der Waals surface area contributed by atoms with Gasteiger partial charge in [-0.05, 0) is 72.7 Å². The summed E-state index contributed by atoms with van der Waals surface area (Å²) in [5.74, 6) is -1.13. The van der Waals surface area contributed by atoms with E-state index in [1.54, 1.807) is 18.2 Å². The summed E-state index contributed by atoms with van der Waals surface area (Å²) >= 11 is 0. The third kappa shape index (κ3) is 4.96. The molecule has 0 radical (unpaired) electrons. The average molecular weight is 507 g/mol. The van der Waals surface area contributed by atoms with E-state index in [9.17, 15) is 22.8 Å². The van der Waals surface area contributed by atoms with Gasteiger partial charge in [0.15, 0.2) is 0 Å². The molecule has 1 amide bonds. The Morgan fingerprint density at radius 2 is 1.73 bits per heavy atom. The van der Waals surface area contributed by atoms with Crippen molar-refractivity contribution in [3.63, 3.8) is 0 Å². The molecule has 1 aliphatic carbocycles. The minimum Gasteiger partial charge on any atom is -0.478 e. The van der Waals surface area contributed by atoms with E-state index in [0.29, 0.717) is 11.3 Å². The molecule has 0 aliphatic heterocycles. The minimum atomic E-state index is -4.46. The summed E-state index contributed by atoms with van der Waals surface area (Å²) in [6.45, 7) is 1.92. The Morgan fingerprint density at radius 3 is 2.38 bits per heavy atom. The van der Waals surface area contributed by atoms with Gasteiger partial charge in [-0.1, -0.05) is 42.5 Å². The number of rotatable bonds is 7. The SMILES string of the molecule is CC(NC(=O)c1c(C2CC2)c2ccccc2n1Cc1cccc(C(F)(F)F)c1)c1ccc(C(=O)O)cc1. The van der Waals surface area contributed by atoms with Gasteiger partial charge in [0.05, 0.1) is 17.2 Å². The number of nitrogens with one attached hydrogen (secondary N) is 1. The Balaban J connectivity index is 1.54. The predicted molar refractivity (Wildman–Crippen MR) is 134 cm³/mol. The first kappa shape index (κ1) is 24.6. The third-order valence-electron chi connectivity index (χ3n) is 6.81. The first-order valence-corrected chi connectivity index (χ1v) is 12.0. The normalized spacial score (nSPS) is 14.5. The zero-order valence-electron chi connectivity index (χ0n) is 20.0. The smallest absolute Gasteiger partial charge is 0.416 e. The van der Waals surface area contributed by atoms with Crippen LogP contribution in [0.4, 0.5) is 13.2 Å². The molecular formula is C29H25F3N2O3. The Bertz CT molecular complexity index is 1480. The fourth-order valence-electron chi connectivity index (χ4n) is 4.82. The molecule has 0 saturated heterocycles. The number of hydrogen-bond acceptors (Lipinski definition) is 2. The highest BCUT2D eigenvalue weighted by atomic mass is 19.4. The van der Waals surface area contributed by atoms with E-state index in [1.807, 2.05) is 35.8 Å². The number of carbonyl (C=O) groups excluding carboxylic acids is 1. The van der Waals surface area contributed by atoms with Crippen molar-refractivity contribution in [2.45, 2.75) is 44.4 Å². The summed E-state index contributed by atoms with van der Waals surface area (Å²) in [6.07, 6.45) is -2.56. The number of hydrogen-bond donors (Lipinski definition) is 2. The summed E-state index contributed by atoms with van der Waals surface area (Å²) in [7, 11) is 0. The Kier molecular flexibility index (Phi) is 6.27. The van der Waals surface area contributed by atoms with Crippen LogP contribution >= 0.6 is 0 Å². The van der Waals surface area contributed by atoms with Crippen molar-refractivity contribution in [1.82, 2.24) is 9.88 Å². The van der Waals surface area contributed by atoms with Crippen LogP contribution in [0.3, 0.4) is 0 Å². The average Bonchev–Trinajstić information content (AvgIpc) is 3.66. The third-order valence-corrected chi connectivity index (χ3v) is 6.81. The van der Waals surface area contributed by atoms with Crippen molar-refractivity contribution in [2.75, 3.05) is 0 Å². The van der Waals surface area contributed by atoms with Crippen LogP contribution in [0.25, 0.3) is 10.9 Å². The van der Waals surface area contributed by atoms with Crippen LogP contribution in [-0.4, -0.2) is 21.6 Å². The minimum absolute atomic E-state index is 0.113. The summed E-state index contributed by atoms with van der Waals surface area (Å²) in [4.78, 5) is 24.9. The highest BCUT2D eigenvalue weighted by Crippen LogP contribution is 2.46. The molecule has 1 aromatic heterocycles. The lowest BCUT2D eigenvalue weighted by Crippen LogP contribution is -2.29. The second-order valence-electron chi connectivity index (χ2n) is 9.46. The molecule has 5 rings (SSSR count). The molecule has 4 aromatic rings. The van der Waals surface area contributed by atoms with Crippen LogP contribution in [0.2, 0.25) is 0 Å². The zero-order valence-corrected chi connectivity index (χ0v) is 20.0. The van der Waals surface area contributed by atoms with Gasteiger partial charge in [-0.3, -0.25) is 4.79 Å². The van der Waals surface area contributed by atoms with Crippen molar-refractivity contribution in [2.24, 2.45) is 0 Å². The molecule has 1 saturated carbocycles. The van der Waals surface area contributed by atoms with Crippen LogP contribution in [0.5, 0.6) is 0 Å². The molecule has 3 aromatic carbocycles. The highest BCUT2D eigenvalue weighted by Gasteiger charge is 2.35. The highest BCUT2D eigenvalue weighted by molar-refractivity contribution is 6.02. The predicted octanol–water partition coefficient (Wildman–Crippen LogP) is 6.78. The lowest BCUT2D eigenvalue weighted by molar-refractivity contribution is -0.137. The molecular weight excluding hydrogens is 481 g/mol. The Morgan fingerprint density at radius 1 is 1.03 bits per heavy atom. The van der Waals surface area contributed by atoms with Crippen LogP contribution in [-0.2, 0) is 12.7 Å². The maximum absolute atomic E-state index is 13.8. The van der Waals surface area contributed by atoms with E-state index >= 15 is 0 Å². The van der Waals surface area contributed by atoms with E-state index in [0.717, 1.165) is 47.0 Å². The quantitative estimate of drug-likeness (QED) is 0.290. The molecule has 1 fully saturated rings. The molecule has 1 heterocycles. The molecule has 1 unspecified atom stereocenters. The monoisotopic (exact) mass is 506 g/mol. The van der Waals surface area contributed by atoms with Crippen molar-refractivity contribution >= 4 is 22.8 Å². The number of benzene rings is 3. The lowest BCUT2D eigenvalue weighted by Gasteiger charge is -2.18. The molecule has 1 atom stereocenters. The summed E-state index contributed by atoms with van der Waals surface area (Å²) in [5, 5.41) is 13.1. The number of para-hydroxylation sites is 1. The van der Waals surface area contributed by atoms with Gasteiger partial charge < -0.3 is 15.0 Å². The fourth-order valence-corrected chi connectivity index (χ4v) is 4.82. The zero-order chi connectivity index (χ0) is 26.3. The number of aromatic nitrogens is 1. The van der Waals surface area contributed by atoms with Crippen LogP contribution < -0.4 is 5.32 Å². The first-order valence-electron chi connectivity index (χ1n) is 12.0. The van der Waals surface area contributed by atoms with E-state index in [2.05, 4.69) is 5.32 Å². The largest absolute Gasteiger partial charge is 0.478 e. The maximum Gasteiger partial charge on any atom is 0.416 e. The number of nitrogens with zero attached hydrogens (tertiary/aromatic N) is 1. The number of fused-ring (bicyclic) bond motifs is 1. The van der Waals surface area contributed by atoms with E-state index in [1.165, 1.54) is 18.2 Å². The Labute approximate surface area is 211 Å². The van der Waals surface area contributed by atoms with Gasteiger partial charge in [0.25, 0.3) is 5.91 Å². The van der Waals surface area contributed by atoms with Gasteiger partial charge in [0.1, 0.15) is 5.69 Å². The molecule has 1 aliphatic rings. The van der Waals surface area contributed by atoms with E-state index in [4.69, 9.17) is 5.11 Å². The molecule has 190 valence electrons. The van der Waals surface area contributed by atoms with Gasteiger partial charge in [0.2, 0.25) is 0 Å². The van der Waals surface area contributed by atoms with Crippen molar-refractivity contribution in [3.8, 4) is 0 Å². The number of halogens is 3. The van der Waals surface area contributed by atoms with Gasteiger partial charge in [0, 0.05) is 17.4 Å². The van der Waals surface area contributed by atoms with Gasteiger partial charge >= 0.3 is 12.1 Å². The molecule has 2 N–H and O–H groups in total. The number of carboxylic acid groups (broad SMARTS) is 1. The number of carbonyl (C=O) groups is 2.